The molecule has 2 nitrogen and oxygen atoms in total. The van der Waals surface area contributed by atoms with Gasteiger partial charge in [0.25, 0.3) is 0 Å². The van der Waals surface area contributed by atoms with E-state index in [1.54, 1.807) is 0 Å². The summed E-state index contributed by atoms with van der Waals surface area (Å²) in [4.78, 5) is 9.59. The van der Waals surface area contributed by atoms with Crippen molar-refractivity contribution in [3.63, 3.8) is 0 Å². The maximum atomic E-state index is 10.5. The molecule has 0 aliphatic carbocycles. The quantitative estimate of drug-likeness (QED) is 0.434. The number of carbonyl (C=O) groups excluding carboxylic acids is 1. The molecule has 1 aliphatic rings. The van der Waals surface area contributed by atoms with Crippen LogP contribution in [0.2, 0.25) is 0 Å². The van der Waals surface area contributed by atoms with Gasteiger partial charge in [-0.25, -0.2) is 0 Å². The second-order valence-electron chi connectivity index (χ2n) is 2.04. The van der Waals surface area contributed by atoms with E-state index in [4.69, 9.17) is 27.9 Å². The third-order valence-corrected chi connectivity index (χ3v) is 2.25. The molecule has 4 heteroatoms. The van der Waals surface area contributed by atoms with Crippen LogP contribution < -0.4 is 0 Å². The van der Waals surface area contributed by atoms with Crippen LogP contribution in [0.1, 0.15) is 6.42 Å². The molecule has 0 aromatic rings. The Bertz CT molecular complexity index is 129. The van der Waals surface area contributed by atoms with Crippen LogP contribution in [0.15, 0.2) is 0 Å². The maximum Gasteiger partial charge on any atom is 0.245 e. The smallest absolute Gasteiger partial charge is 0.245 e. The number of alkyl halides is 1. The average Bonchev–Trinajstić information content (AvgIpc) is 2.16. The number of rotatable bonds is 1. The number of hydrogen-bond donors (Lipinski definition) is 0. The molecule has 1 aliphatic heterocycles. The lowest BCUT2D eigenvalue weighted by molar-refractivity contribution is -0.114. The van der Waals surface area contributed by atoms with Crippen molar-refractivity contribution in [2.45, 2.75) is 11.3 Å². The minimum absolute atomic E-state index is 0.247. The van der Waals surface area contributed by atoms with Crippen molar-refractivity contribution in [3.8, 4) is 0 Å². The fourth-order valence-electron chi connectivity index (χ4n) is 0.695. The molecule has 52 valence electrons. The summed E-state index contributed by atoms with van der Waals surface area (Å²) < 4.78 is 4.88. The Balaban J connectivity index is 2.61. The highest BCUT2D eigenvalue weighted by molar-refractivity contribution is 6.70. The monoisotopic (exact) mass is 168 g/mol. The van der Waals surface area contributed by atoms with E-state index >= 15 is 0 Å². The molecule has 0 spiro atoms. The predicted molar refractivity (Wildman–Crippen MR) is 34.9 cm³/mol. The van der Waals surface area contributed by atoms with E-state index in [9.17, 15) is 4.79 Å². The van der Waals surface area contributed by atoms with E-state index in [0.29, 0.717) is 13.0 Å². The Hall–Kier alpha value is 0.210. The molecule has 1 atom stereocenters. The zero-order chi connectivity index (χ0) is 6.91. The second kappa shape index (κ2) is 2.45. The molecule has 0 amide bonds. The SMILES string of the molecule is O=C(Cl)C1(Cl)CCOC1. The van der Waals surface area contributed by atoms with Crippen molar-refractivity contribution >= 4 is 28.4 Å². The molecular formula is C5H6Cl2O2. The van der Waals surface area contributed by atoms with Crippen molar-refractivity contribution in [1.82, 2.24) is 0 Å². The van der Waals surface area contributed by atoms with Crippen molar-refractivity contribution < 1.29 is 9.53 Å². The van der Waals surface area contributed by atoms with Gasteiger partial charge in [-0.05, 0) is 11.6 Å². The lowest BCUT2D eigenvalue weighted by Gasteiger charge is -2.10. The summed E-state index contributed by atoms with van der Waals surface area (Å²) in [6, 6.07) is 0. The molecular weight excluding hydrogens is 163 g/mol. The standard InChI is InChI=1S/C5H6Cl2O2/c6-4(8)5(7)1-2-9-3-5/h1-3H2. The van der Waals surface area contributed by atoms with Crippen LogP contribution in [0.3, 0.4) is 0 Å². The minimum atomic E-state index is -0.929. The van der Waals surface area contributed by atoms with E-state index in [-0.39, 0.29) is 6.61 Å². The Kier molecular flexibility index (Phi) is 1.99. The molecule has 1 unspecified atom stereocenters. The first-order valence-corrected chi connectivity index (χ1v) is 3.37. The number of hydrogen-bond acceptors (Lipinski definition) is 2. The normalized spacial score (nSPS) is 34.9. The molecule has 9 heavy (non-hydrogen) atoms. The molecule has 1 heterocycles. The van der Waals surface area contributed by atoms with Crippen LogP contribution in [0, 0.1) is 0 Å². The van der Waals surface area contributed by atoms with Gasteiger partial charge in [-0.3, -0.25) is 4.79 Å². The van der Waals surface area contributed by atoms with E-state index in [2.05, 4.69) is 0 Å². The number of carbonyl (C=O) groups is 1. The summed E-state index contributed by atoms with van der Waals surface area (Å²) in [6.07, 6.45) is 0.525. The van der Waals surface area contributed by atoms with Gasteiger partial charge in [0.05, 0.1) is 6.61 Å². The summed E-state index contributed by atoms with van der Waals surface area (Å²) in [5, 5.41) is -0.512. The van der Waals surface area contributed by atoms with Gasteiger partial charge >= 0.3 is 0 Å². The van der Waals surface area contributed by atoms with Crippen molar-refractivity contribution in [3.05, 3.63) is 0 Å². The first kappa shape index (κ1) is 7.32. The average molecular weight is 169 g/mol. The van der Waals surface area contributed by atoms with Crippen LogP contribution >= 0.6 is 23.2 Å². The number of ether oxygens (including phenoxy) is 1. The Morgan fingerprint density at radius 1 is 1.67 bits per heavy atom. The molecule has 0 bridgehead atoms. The van der Waals surface area contributed by atoms with E-state index in [1.807, 2.05) is 0 Å². The molecule has 0 aromatic heterocycles. The molecule has 1 saturated heterocycles. The summed E-state index contributed by atoms with van der Waals surface area (Å²) in [7, 11) is 0. The molecule has 0 aromatic carbocycles. The lowest BCUT2D eigenvalue weighted by atomic mass is 10.1. The predicted octanol–water partition coefficient (Wildman–Crippen LogP) is 1.15. The molecule has 0 N–H and O–H groups in total. The molecule has 0 saturated carbocycles. The van der Waals surface area contributed by atoms with Crippen molar-refractivity contribution in [2.75, 3.05) is 13.2 Å². The van der Waals surface area contributed by atoms with E-state index in [0.717, 1.165) is 0 Å². The summed E-state index contributed by atoms with van der Waals surface area (Å²) in [5.41, 5.74) is 0. The highest BCUT2D eigenvalue weighted by Crippen LogP contribution is 2.28. The van der Waals surface area contributed by atoms with Crippen molar-refractivity contribution in [2.24, 2.45) is 0 Å². The summed E-state index contributed by atoms with van der Waals surface area (Å²) in [5.74, 6) is 0. The van der Waals surface area contributed by atoms with Gasteiger partial charge in [0.1, 0.15) is 4.87 Å². The Morgan fingerprint density at radius 3 is 2.56 bits per heavy atom. The van der Waals surface area contributed by atoms with Crippen LogP contribution in [0.25, 0.3) is 0 Å². The van der Waals surface area contributed by atoms with Gasteiger partial charge in [0, 0.05) is 13.0 Å². The number of halogens is 2. The molecule has 1 rings (SSSR count). The zero-order valence-corrected chi connectivity index (χ0v) is 6.21. The first-order chi connectivity index (χ1) is 4.15. The maximum absolute atomic E-state index is 10.5. The van der Waals surface area contributed by atoms with Gasteiger partial charge in [-0.1, -0.05) is 0 Å². The van der Waals surface area contributed by atoms with Gasteiger partial charge in [0.15, 0.2) is 0 Å². The highest BCUT2D eigenvalue weighted by Gasteiger charge is 2.38. The highest BCUT2D eigenvalue weighted by atomic mass is 35.5. The summed E-state index contributed by atoms with van der Waals surface area (Å²) in [6.45, 7) is 0.777. The van der Waals surface area contributed by atoms with Crippen LogP contribution in [-0.4, -0.2) is 23.3 Å². The van der Waals surface area contributed by atoms with Crippen LogP contribution in [0.4, 0.5) is 0 Å². The zero-order valence-electron chi connectivity index (χ0n) is 4.69. The Morgan fingerprint density at radius 2 is 2.33 bits per heavy atom. The molecule has 0 radical (unpaired) electrons. The van der Waals surface area contributed by atoms with Gasteiger partial charge in [-0.2, -0.15) is 0 Å². The van der Waals surface area contributed by atoms with Crippen molar-refractivity contribution in [1.29, 1.82) is 0 Å². The van der Waals surface area contributed by atoms with E-state index in [1.165, 1.54) is 0 Å². The minimum Gasteiger partial charge on any atom is -0.379 e. The van der Waals surface area contributed by atoms with Crippen LogP contribution in [-0.2, 0) is 9.53 Å². The van der Waals surface area contributed by atoms with E-state index < -0.39 is 10.1 Å². The third kappa shape index (κ3) is 1.37. The third-order valence-electron chi connectivity index (χ3n) is 1.33. The van der Waals surface area contributed by atoms with Gasteiger partial charge < -0.3 is 4.74 Å². The van der Waals surface area contributed by atoms with Gasteiger partial charge in [0.2, 0.25) is 5.24 Å². The first-order valence-electron chi connectivity index (χ1n) is 2.62. The largest absolute Gasteiger partial charge is 0.379 e. The fraction of sp³-hybridized carbons (Fsp3) is 0.800. The molecule has 1 fully saturated rings. The topological polar surface area (TPSA) is 26.3 Å². The Labute approximate surface area is 63.1 Å². The lowest BCUT2D eigenvalue weighted by Crippen LogP contribution is -2.28. The second-order valence-corrected chi connectivity index (χ2v) is 3.11. The van der Waals surface area contributed by atoms with Gasteiger partial charge in [-0.15, -0.1) is 11.6 Å². The fourth-order valence-corrected chi connectivity index (χ4v) is 0.998. The summed E-state index contributed by atoms with van der Waals surface area (Å²) >= 11 is 10.9. The van der Waals surface area contributed by atoms with Crippen LogP contribution in [0.5, 0.6) is 0 Å².